The number of nitrogens with zero attached hydrogens (tertiary/aromatic N) is 2. The van der Waals surface area contributed by atoms with Crippen LogP contribution in [0.2, 0.25) is 0 Å². The molecule has 0 atom stereocenters. The molecule has 0 unspecified atom stereocenters. The second kappa shape index (κ2) is 4.29. The fraction of sp³-hybridized carbons (Fsp3) is 0.167. The van der Waals surface area contributed by atoms with Crippen molar-refractivity contribution >= 4 is 6.29 Å². The molecule has 0 saturated carbocycles. The number of alkyl halides is 3. The number of halogens is 3. The minimum atomic E-state index is -4.49. The summed E-state index contributed by atoms with van der Waals surface area (Å²) in [6, 6.07) is 5.73. The molecule has 0 N–H and O–H groups in total. The maximum absolute atomic E-state index is 12.4. The number of rotatable bonds is 2. The summed E-state index contributed by atoms with van der Waals surface area (Å²) in [6.45, 7) is 1.79. The Bertz CT molecular complexity index is 587. The largest absolute Gasteiger partial charge is 0.435 e. The van der Waals surface area contributed by atoms with E-state index < -0.39 is 11.9 Å². The summed E-state index contributed by atoms with van der Waals surface area (Å²) in [4.78, 5) is 10.9. The van der Waals surface area contributed by atoms with Crippen molar-refractivity contribution in [2.24, 2.45) is 0 Å². The number of benzene rings is 1. The van der Waals surface area contributed by atoms with E-state index >= 15 is 0 Å². The minimum Gasteiger partial charge on any atom is -0.298 e. The number of aromatic nitrogens is 2. The fourth-order valence-corrected chi connectivity index (χ4v) is 1.59. The van der Waals surface area contributed by atoms with Crippen LogP contribution in [-0.2, 0) is 6.18 Å². The highest BCUT2D eigenvalue weighted by atomic mass is 19.4. The zero-order valence-corrected chi connectivity index (χ0v) is 9.40. The van der Waals surface area contributed by atoms with Gasteiger partial charge in [0.2, 0.25) is 0 Å². The molecule has 0 amide bonds. The van der Waals surface area contributed by atoms with Crippen LogP contribution in [0, 0.1) is 6.92 Å². The summed E-state index contributed by atoms with van der Waals surface area (Å²) in [5.74, 6) is 0. The number of aryl methyl sites for hydroxylation is 1. The average Bonchev–Trinajstić information content (AvgIpc) is 2.77. The molecule has 0 aliphatic heterocycles. The lowest BCUT2D eigenvalue weighted by atomic mass is 10.1. The molecule has 2 aromatic rings. The van der Waals surface area contributed by atoms with Crippen LogP contribution in [-0.4, -0.2) is 16.1 Å². The summed E-state index contributed by atoms with van der Waals surface area (Å²) in [5.41, 5.74) is 0.488. The second-order valence-electron chi connectivity index (χ2n) is 3.82. The van der Waals surface area contributed by atoms with Crippen LogP contribution in [0.5, 0.6) is 0 Å². The van der Waals surface area contributed by atoms with Crippen LogP contribution in [0.1, 0.15) is 21.6 Å². The van der Waals surface area contributed by atoms with E-state index in [4.69, 9.17) is 0 Å². The van der Waals surface area contributed by atoms with Crippen molar-refractivity contribution in [3.63, 3.8) is 0 Å². The SMILES string of the molecule is Cc1ccc(-n2ccc(C(F)(F)F)n2)c(C=O)c1. The van der Waals surface area contributed by atoms with Crippen LogP contribution < -0.4 is 0 Å². The van der Waals surface area contributed by atoms with Gasteiger partial charge in [-0.05, 0) is 25.1 Å². The summed E-state index contributed by atoms with van der Waals surface area (Å²) >= 11 is 0. The Morgan fingerprint density at radius 3 is 2.56 bits per heavy atom. The monoisotopic (exact) mass is 254 g/mol. The van der Waals surface area contributed by atoms with E-state index in [1.807, 2.05) is 0 Å². The normalized spacial score (nSPS) is 11.6. The van der Waals surface area contributed by atoms with Gasteiger partial charge >= 0.3 is 6.18 Å². The summed E-state index contributed by atoms with van der Waals surface area (Å²) in [6.07, 6.45) is -2.71. The highest BCUT2D eigenvalue weighted by Gasteiger charge is 2.33. The lowest BCUT2D eigenvalue weighted by Crippen LogP contribution is -2.08. The van der Waals surface area contributed by atoms with Crippen LogP contribution in [0.25, 0.3) is 5.69 Å². The van der Waals surface area contributed by atoms with Gasteiger partial charge in [0.25, 0.3) is 0 Å². The number of aldehydes is 1. The zero-order valence-electron chi connectivity index (χ0n) is 9.40. The maximum Gasteiger partial charge on any atom is 0.435 e. The van der Waals surface area contributed by atoms with E-state index in [1.54, 1.807) is 25.1 Å². The summed E-state index contributed by atoms with van der Waals surface area (Å²) < 4.78 is 38.3. The number of carbonyl (C=O) groups is 1. The van der Waals surface area contributed by atoms with Gasteiger partial charge in [-0.25, -0.2) is 4.68 Å². The zero-order chi connectivity index (χ0) is 13.3. The maximum atomic E-state index is 12.4. The van der Waals surface area contributed by atoms with Gasteiger partial charge in [-0.1, -0.05) is 11.6 Å². The van der Waals surface area contributed by atoms with Gasteiger partial charge in [0.15, 0.2) is 12.0 Å². The molecule has 0 aliphatic rings. The number of carbonyl (C=O) groups excluding carboxylic acids is 1. The summed E-state index contributed by atoms with van der Waals surface area (Å²) in [7, 11) is 0. The molecule has 0 bridgehead atoms. The third kappa shape index (κ3) is 2.27. The first-order valence-electron chi connectivity index (χ1n) is 5.11. The number of hydrogen-bond donors (Lipinski definition) is 0. The van der Waals surface area contributed by atoms with Crippen LogP contribution in [0.15, 0.2) is 30.5 Å². The average molecular weight is 254 g/mol. The molecule has 1 aromatic heterocycles. The highest BCUT2D eigenvalue weighted by molar-refractivity contribution is 5.81. The Kier molecular flexibility index (Phi) is 2.94. The third-order valence-corrected chi connectivity index (χ3v) is 2.44. The molecule has 1 aromatic carbocycles. The molecule has 1 heterocycles. The molecular weight excluding hydrogens is 245 g/mol. The quantitative estimate of drug-likeness (QED) is 0.772. The third-order valence-electron chi connectivity index (χ3n) is 2.44. The van der Waals surface area contributed by atoms with E-state index in [9.17, 15) is 18.0 Å². The van der Waals surface area contributed by atoms with Gasteiger partial charge in [0.1, 0.15) is 0 Å². The Morgan fingerprint density at radius 2 is 2.00 bits per heavy atom. The van der Waals surface area contributed by atoms with Gasteiger partial charge in [-0.3, -0.25) is 4.79 Å². The van der Waals surface area contributed by atoms with E-state index in [0.29, 0.717) is 17.5 Å². The van der Waals surface area contributed by atoms with Crippen molar-refractivity contribution in [1.29, 1.82) is 0 Å². The molecule has 0 saturated heterocycles. The molecule has 18 heavy (non-hydrogen) atoms. The molecule has 0 radical (unpaired) electrons. The Balaban J connectivity index is 2.49. The topological polar surface area (TPSA) is 34.9 Å². The first-order chi connectivity index (χ1) is 8.41. The Hall–Kier alpha value is -2.11. The lowest BCUT2D eigenvalue weighted by Gasteiger charge is -2.06. The van der Waals surface area contributed by atoms with Crippen LogP contribution >= 0.6 is 0 Å². The van der Waals surface area contributed by atoms with Crippen molar-refractivity contribution in [3.05, 3.63) is 47.3 Å². The molecular formula is C12H9F3N2O. The Labute approximate surface area is 101 Å². The van der Waals surface area contributed by atoms with E-state index in [-0.39, 0.29) is 0 Å². The molecule has 6 heteroatoms. The van der Waals surface area contributed by atoms with E-state index in [1.165, 1.54) is 6.20 Å². The standard InChI is InChI=1S/C12H9F3N2O/c1-8-2-3-10(9(6-8)7-18)17-5-4-11(16-17)12(13,14)15/h2-7H,1H3. The predicted octanol–water partition coefficient (Wildman–Crippen LogP) is 3.01. The molecule has 94 valence electrons. The van der Waals surface area contributed by atoms with Gasteiger partial charge in [0.05, 0.1) is 5.69 Å². The summed E-state index contributed by atoms with van der Waals surface area (Å²) in [5, 5.41) is 3.42. The Morgan fingerprint density at radius 1 is 1.28 bits per heavy atom. The first-order valence-corrected chi connectivity index (χ1v) is 5.11. The highest BCUT2D eigenvalue weighted by Crippen LogP contribution is 2.28. The van der Waals surface area contributed by atoms with Crippen LogP contribution in [0.3, 0.4) is 0 Å². The minimum absolute atomic E-state index is 0.298. The molecule has 0 aliphatic carbocycles. The van der Waals surface area contributed by atoms with Crippen molar-refractivity contribution in [2.45, 2.75) is 13.1 Å². The van der Waals surface area contributed by atoms with E-state index in [0.717, 1.165) is 16.3 Å². The molecule has 0 spiro atoms. The van der Waals surface area contributed by atoms with Gasteiger partial charge in [-0.15, -0.1) is 0 Å². The first kappa shape index (κ1) is 12.3. The second-order valence-corrected chi connectivity index (χ2v) is 3.82. The molecule has 2 rings (SSSR count). The van der Waals surface area contributed by atoms with E-state index in [2.05, 4.69) is 5.10 Å². The number of hydrogen-bond acceptors (Lipinski definition) is 2. The van der Waals surface area contributed by atoms with Crippen LogP contribution in [0.4, 0.5) is 13.2 Å². The smallest absolute Gasteiger partial charge is 0.298 e. The fourth-order valence-electron chi connectivity index (χ4n) is 1.59. The van der Waals surface area contributed by atoms with Gasteiger partial charge in [0, 0.05) is 11.8 Å². The molecule has 0 fully saturated rings. The van der Waals surface area contributed by atoms with Crippen molar-refractivity contribution in [1.82, 2.24) is 9.78 Å². The predicted molar refractivity (Wildman–Crippen MR) is 58.7 cm³/mol. The van der Waals surface area contributed by atoms with Crippen molar-refractivity contribution in [2.75, 3.05) is 0 Å². The molecule has 3 nitrogen and oxygen atoms in total. The van der Waals surface area contributed by atoms with Crippen molar-refractivity contribution in [3.8, 4) is 5.69 Å². The lowest BCUT2D eigenvalue weighted by molar-refractivity contribution is -0.141. The van der Waals surface area contributed by atoms with Gasteiger partial charge < -0.3 is 0 Å². The van der Waals surface area contributed by atoms with Crippen molar-refractivity contribution < 1.29 is 18.0 Å². The van der Waals surface area contributed by atoms with Gasteiger partial charge in [-0.2, -0.15) is 18.3 Å².